The van der Waals surface area contributed by atoms with Crippen LogP contribution in [0.5, 0.6) is 5.75 Å². The second-order valence-corrected chi connectivity index (χ2v) is 9.53. The van der Waals surface area contributed by atoms with Crippen LogP contribution < -0.4 is 10.6 Å². The van der Waals surface area contributed by atoms with Crippen LogP contribution in [0, 0.1) is 0 Å². The largest absolute Gasteiger partial charge is 0.508 e. The van der Waals surface area contributed by atoms with Crippen molar-refractivity contribution in [1.82, 2.24) is 15.6 Å². The van der Waals surface area contributed by atoms with Gasteiger partial charge in [0.2, 0.25) is 11.8 Å². The van der Waals surface area contributed by atoms with Crippen LogP contribution in [0.25, 0.3) is 21.0 Å². The fraction of sp³-hybridized carbons (Fsp3) is 0.273. The molecule has 0 aliphatic carbocycles. The molecule has 2 aromatic carbocycles. The zero-order valence-corrected chi connectivity index (χ0v) is 19.4. The molecule has 1 aliphatic heterocycles. The number of fused-ring (bicyclic) bond motifs is 3. The number of aromatic nitrogens is 1. The minimum absolute atomic E-state index is 0.100. The first-order valence-electron chi connectivity index (χ1n) is 10.3. The van der Waals surface area contributed by atoms with E-state index >= 15 is 0 Å². The highest BCUT2D eigenvalue weighted by molar-refractivity contribution is 8.15. The maximum Gasteiger partial charge on any atom is 0.322 e. The average Bonchev–Trinajstić information content (AvgIpc) is 3.47. The normalized spacial score (nSPS) is 15.3. The van der Waals surface area contributed by atoms with Crippen LogP contribution in [0.2, 0.25) is 0 Å². The van der Waals surface area contributed by atoms with Gasteiger partial charge in [-0.1, -0.05) is 6.07 Å². The van der Waals surface area contributed by atoms with E-state index in [0.29, 0.717) is 15.8 Å². The molecule has 2 heterocycles. The molecule has 1 aromatic heterocycles. The number of aliphatic imine (C=N–C) groups is 1. The number of carbonyl (C=O) groups is 4. The number of hydrogen-bond donors (Lipinski definition) is 4. The lowest BCUT2D eigenvalue weighted by Crippen LogP contribution is -2.37. The summed E-state index contributed by atoms with van der Waals surface area (Å²) in [6.07, 6.45) is -0.243. The quantitative estimate of drug-likeness (QED) is 0.345. The Morgan fingerprint density at radius 1 is 1.06 bits per heavy atom. The lowest BCUT2D eigenvalue weighted by atomic mass is 10.1. The molecule has 1 aliphatic rings. The van der Waals surface area contributed by atoms with Gasteiger partial charge in [-0.3, -0.25) is 24.2 Å². The molecular formula is C22H20N4O6S2. The van der Waals surface area contributed by atoms with Crippen molar-refractivity contribution in [2.45, 2.75) is 18.9 Å². The molecule has 0 saturated carbocycles. The van der Waals surface area contributed by atoms with Gasteiger partial charge in [0, 0.05) is 24.0 Å². The van der Waals surface area contributed by atoms with E-state index in [1.54, 1.807) is 12.1 Å². The molecule has 0 saturated heterocycles. The second-order valence-electron chi connectivity index (χ2n) is 7.53. The Kier molecular flexibility index (Phi) is 7.08. The van der Waals surface area contributed by atoms with Gasteiger partial charge in [-0.15, -0.1) is 23.1 Å². The number of aliphatic carboxylic acids is 1. The van der Waals surface area contributed by atoms with E-state index < -0.39 is 24.5 Å². The van der Waals surface area contributed by atoms with E-state index in [4.69, 9.17) is 5.11 Å². The van der Waals surface area contributed by atoms with Crippen LogP contribution >= 0.6 is 23.1 Å². The third-order valence-electron chi connectivity index (χ3n) is 5.02. The van der Waals surface area contributed by atoms with Gasteiger partial charge in [0.1, 0.15) is 28.4 Å². The van der Waals surface area contributed by atoms with E-state index in [-0.39, 0.29) is 36.8 Å². The van der Waals surface area contributed by atoms with Crippen LogP contribution in [-0.4, -0.2) is 68.7 Å². The van der Waals surface area contributed by atoms with Crippen molar-refractivity contribution in [3.05, 3.63) is 35.3 Å². The zero-order chi connectivity index (χ0) is 24.2. The van der Waals surface area contributed by atoms with Crippen LogP contribution in [0.4, 0.5) is 0 Å². The van der Waals surface area contributed by atoms with Gasteiger partial charge in [-0.05, 0) is 29.7 Å². The maximum atomic E-state index is 12.5. The third-order valence-corrected chi connectivity index (χ3v) is 7.31. The molecule has 0 radical (unpaired) electrons. The molecule has 1 unspecified atom stereocenters. The van der Waals surface area contributed by atoms with Crippen molar-refractivity contribution in [2.24, 2.45) is 4.99 Å². The topological polar surface area (TPSA) is 158 Å². The SMILES string of the molecule is O=C(O)CNC(=O)CCC(=O)CNC(=O)C1CSC(c2nc3ccc4cc(O)ccc4c3s2)=N1. The number of thiazole rings is 1. The number of ketones is 1. The van der Waals surface area contributed by atoms with E-state index in [2.05, 4.69) is 20.6 Å². The summed E-state index contributed by atoms with van der Waals surface area (Å²) >= 11 is 2.89. The molecule has 12 heteroatoms. The van der Waals surface area contributed by atoms with Gasteiger partial charge < -0.3 is 20.8 Å². The minimum Gasteiger partial charge on any atom is -0.508 e. The molecule has 10 nitrogen and oxygen atoms in total. The highest BCUT2D eigenvalue weighted by Gasteiger charge is 2.27. The molecule has 34 heavy (non-hydrogen) atoms. The van der Waals surface area contributed by atoms with E-state index in [0.717, 1.165) is 21.0 Å². The smallest absolute Gasteiger partial charge is 0.322 e. The summed E-state index contributed by atoms with van der Waals surface area (Å²) in [7, 11) is 0. The first-order chi connectivity index (χ1) is 16.3. The van der Waals surface area contributed by atoms with Gasteiger partial charge in [0.15, 0.2) is 5.78 Å². The van der Waals surface area contributed by atoms with Crippen molar-refractivity contribution in [3.8, 4) is 5.75 Å². The van der Waals surface area contributed by atoms with E-state index in [1.807, 2.05) is 18.2 Å². The summed E-state index contributed by atoms with van der Waals surface area (Å²) in [6.45, 7) is -0.727. The van der Waals surface area contributed by atoms with Gasteiger partial charge in [0.05, 0.1) is 16.8 Å². The molecule has 2 amide bonds. The summed E-state index contributed by atoms with van der Waals surface area (Å²) < 4.78 is 0.974. The monoisotopic (exact) mass is 500 g/mol. The van der Waals surface area contributed by atoms with Gasteiger partial charge in [-0.2, -0.15) is 0 Å². The predicted octanol–water partition coefficient (Wildman–Crippen LogP) is 1.68. The summed E-state index contributed by atoms with van der Waals surface area (Å²) in [6, 6.07) is 8.31. The number of carbonyl (C=O) groups excluding carboxylic acids is 3. The third kappa shape index (κ3) is 5.51. The van der Waals surface area contributed by atoms with E-state index in [9.17, 15) is 24.3 Å². The number of nitrogens with one attached hydrogen (secondary N) is 2. The van der Waals surface area contributed by atoms with Crippen molar-refractivity contribution in [1.29, 1.82) is 0 Å². The molecular weight excluding hydrogens is 480 g/mol. The number of Topliss-reactive ketones (excluding diaryl/α,β-unsaturated/α-hetero) is 1. The number of phenolic OH excluding ortho intramolecular Hbond substituents is 1. The molecule has 4 N–H and O–H groups in total. The van der Waals surface area contributed by atoms with Crippen LogP contribution in [0.3, 0.4) is 0 Å². The fourth-order valence-electron chi connectivity index (χ4n) is 3.33. The number of benzene rings is 2. The van der Waals surface area contributed by atoms with Crippen LogP contribution in [-0.2, 0) is 19.2 Å². The minimum atomic E-state index is -1.17. The highest BCUT2D eigenvalue weighted by atomic mass is 32.2. The lowest BCUT2D eigenvalue weighted by molar-refractivity contribution is -0.138. The first-order valence-corrected chi connectivity index (χ1v) is 12.1. The number of amides is 2. The standard InChI is InChI=1S/C22H20N4O6S2/c27-12-2-4-14-11(7-12)1-5-15-19(14)34-22(25-15)21-26-16(10-33-21)20(32)24-8-13(28)3-6-17(29)23-9-18(30)31/h1-2,4-5,7,16,27H,3,6,8-10H2,(H,23,29)(H,24,32)(H,30,31). The summed E-state index contributed by atoms with van der Waals surface area (Å²) in [5, 5.41) is 26.2. The highest BCUT2D eigenvalue weighted by Crippen LogP contribution is 2.35. The Balaban J connectivity index is 1.34. The number of phenols is 1. The number of carboxylic acids is 1. The molecule has 0 fully saturated rings. The molecule has 1 atom stereocenters. The number of carboxylic acid groups (broad SMARTS) is 1. The van der Waals surface area contributed by atoms with Crippen molar-refractivity contribution in [3.63, 3.8) is 0 Å². The summed E-state index contributed by atoms with van der Waals surface area (Å²) in [5.41, 5.74) is 0.812. The van der Waals surface area contributed by atoms with Gasteiger partial charge in [0.25, 0.3) is 0 Å². The number of hydrogen-bond acceptors (Lipinski definition) is 9. The molecule has 0 bridgehead atoms. The molecule has 3 aromatic rings. The Morgan fingerprint density at radius 3 is 2.68 bits per heavy atom. The number of aromatic hydroxyl groups is 1. The molecule has 4 rings (SSSR count). The van der Waals surface area contributed by atoms with Crippen molar-refractivity contribution < 1.29 is 29.4 Å². The molecule has 176 valence electrons. The lowest BCUT2D eigenvalue weighted by Gasteiger charge is -2.07. The van der Waals surface area contributed by atoms with Crippen LogP contribution in [0.1, 0.15) is 17.8 Å². The Bertz CT molecular complexity index is 1340. The number of rotatable bonds is 9. The zero-order valence-electron chi connectivity index (χ0n) is 17.7. The Hall–Kier alpha value is -3.51. The number of nitrogens with zero attached hydrogens (tertiary/aromatic N) is 2. The Morgan fingerprint density at radius 2 is 1.88 bits per heavy atom. The summed E-state index contributed by atoms with van der Waals surface area (Å²) in [5.74, 6) is -1.80. The van der Waals surface area contributed by atoms with E-state index in [1.165, 1.54) is 23.1 Å². The molecule has 0 spiro atoms. The van der Waals surface area contributed by atoms with Gasteiger partial charge in [-0.25, -0.2) is 4.98 Å². The maximum absolute atomic E-state index is 12.5. The van der Waals surface area contributed by atoms with Crippen LogP contribution in [0.15, 0.2) is 35.3 Å². The summed E-state index contributed by atoms with van der Waals surface area (Å²) in [4.78, 5) is 55.4. The van der Waals surface area contributed by atoms with Crippen molar-refractivity contribution >= 4 is 72.7 Å². The Labute approximate surface area is 201 Å². The predicted molar refractivity (Wildman–Crippen MR) is 129 cm³/mol. The van der Waals surface area contributed by atoms with Crippen molar-refractivity contribution in [2.75, 3.05) is 18.8 Å². The first kappa shape index (κ1) is 23.6. The average molecular weight is 501 g/mol. The fourth-order valence-corrected chi connectivity index (χ4v) is 5.53. The van der Waals surface area contributed by atoms with Gasteiger partial charge >= 0.3 is 5.97 Å². The second kappa shape index (κ2) is 10.2. The number of thioether (sulfide) groups is 1.